The van der Waals surface area contributed by atoms with Crippen molar-refractivity contribution in [2.24, 2.45) is 0 Å². The number of amides is 3. The van der Waals surface area contributed by atoms with Gasteiger partial charge in [0.2, 0.25) is 11.8 Å². The van der Waals surface area contributed by atoms with Gasteiger partial charge < -0.3 is 16.0 Å². The van der Waals surface area contributed by atoms with Crippen LogP contribution in [0.2, 0.25) is 0 Å². The molecule has 3 amide bonds. The molecule has 32 heavy (non-hydrogen) atoms. The molecule has 0 fully saturated rings. The first-order chi connectivity index (χ1) is 15.1. The molecule has 0 bridgehead atoms. The molecule has 0 heterocycles. The van der Waals surface area contributed by atoms with Crippen LogP contribution in [0.25, 0.3) is 10.8 Å². The summed E-state index contributed by atoms with van der Waals surface area (Å²) in [6.07, 6.45) is -4.95. The van der Waals surface area contributed by atoms with Crippen LogP contribution in [0.1, 0.15) is 29.3 Å². The van der Waals surface area contributed by atoms with E-state index in [0.717, 1.165) is 22.9 Å². The molecule has 0 aliphatic heterocycles. The van der Waals surface area contributed by atoms with E-state index in [1.54, 1.807) is 18.2 Å². The SMILES string of the molecule is CC(=O)Nc1ccc(NC(=O)CCNC(=O)c2ccc3ccccc3c2)c(C(F)(F)F)c1. The summed E-state index contributed by atoms with van der Waals surface area (Å²) < 4.78 is 40.1. The maximum absolute atomic E-state index is 13.4. The molecule has 3 aromatic carbocycles. The Labute approximate surface area is 181 Å². The average molecular weight is 443 g/mol. The van der Waals surface area contributed by atoms with Crippen molar-refractivity contribution in [3.8, 4) is 0 Å². The number of alkyl halides is 3. The number of halogens is 3. The highest BCUT2D eigenvalue weighted by molar-refractivity contribution is 5.99. The Morgan fingerprint density at radius 1 is 0.875 bits per heavy atom. The number of nitrogens with one attached hydrogen (secondary N) is 3. The van der Waals surface area contributed by atoms with Gasteiger partial charge in [0.25, 0.3) is 5.91 Å². The van der Waals surface area contributed by atoms with Gasteiger partial charge in [0.15, 0.2) is 0 Å². The normalized spacial score (nSPS) is 11.1. The van der Waals surface area contributed by atoms with Gasteiger partial charge in [-0.15, -0.1) is 0 Å². The van der Waals surface area contributed by atoms with Crippen molar-refractivity contribution in [1.82, 2.24) is 5.32 Å². The first kappa shape index (κ1) is 22.8. The number of hydrogen-bond donors (Lipinski definition) is 3. The predicted octanol–water partition coefficient (Wildman–Crippen LogP) is 4.58. The van der Waals surface area contributed by atoms with E-state index < -0.39 is 29.2 Å². The minimum absolute atomic E-state index is 0.0366. The van der Waals surface area contributed by atoms with Crippen molar-refractivity contribution in [3.63, 3.8) is 0 Å². The fraction of sp³-hybridized carbons (Fsp3) is 0.174. The molecule has 0 radical (unpaired) electrons. The van der Waals surface area contributed by atoms with Crippen LogP contribution in [0.5, 0.6) is 0 Å². The Bertz CT molecular complexity index is 1180. The van der Waals surface area contributed by atoms with Crippen molar-refractivity contribution in [2.75, 3.05) is 17.2 Å². The largest absolute Gasteiger partial charge is 0.418 e. The first-order valence-electron chi connectivity index (χ1n) is 9.69. The summed E-state index contributed by atoms with van der Waals surface area (Å²) in [7, 11) is 0. The molecule has 0 saturated heterocycles. The molecule has 166 valence electrons. The summed E-state index contributed by atoms with van der Waals surface area (Å²) in [5.74, 6) is -1.60. The monoisotopic (exact) mass is 443 g/mol. The standard InChI is InChI=1S/C23H20F3N3O3/c1-14(30)28-18-8-9-20(19(13-18)23(24,25)26)29-21(31)10-11-27-22(32)17-7-6-15-4-2-3-5-16(15)12-17/h2-9,12-13H,10-11H2,1H3,(H,27,32)(H,28,30)(H,29,31). The maximum Gasteiger partial charge on any atom is 0.418 e. The summed E-state index contributed by atoms with van der Waals surface area (Å²) in [4.78, 5) is 35.5. The molecule has 3 rings (SSSR count). The Morgan fingerprint density at radius 2 is 1.59 bits per heavy atom. The van der Waals surface area contributed by atoms with E-state index in [1.165, 1.54) is 13.0 Å². The van der Waals surface area contributed by atoms with Crippen molar-refractivity contribution in [3.05, 3.63) is 71.8 Å². The average Bonchev–Trinajstić information content (AvgIpc) is 2.73. The molecule has 0 aliphatic rings. The Kier molecular flexibility index (Phi) is 6.77. The lowest BCUT2D eigenvalue weighted by atomic mass is 10.1. The van der Waals surface area contributed by atoms with E-state index in [2.05, 4.69) is 16.0 Å². The van der Waals surface area contributed by atoms with E-state index in [9.17, 15) is 27.6 Å². The van der Waals surface area contributed by atoms with Gasteiger partial charge in [0.1, 0.15) is 0 Å². The zero-order valence-corrected chi connectivity index (χ0v) is 17.0. The van der Waals surface area contributed by atoms with Crippen molar-refractivity contribution in [1.29, 1.82) is 0 Å². The molecule has 6 nitrogen and oxygen atoms in total. The van der Waals surface area contributed by atoms with Crippen LogP contribution in [0.15, 0.2) is 60.7 Å². The van der Waals surface area contributed by atoms with Crippen LogP contribution >= 0.6 is 0 Å². The highest BCUT2D eigenvalue weighted by Crippen LogP contribution is 2.36. The molecule has 0 saturated carbocycles. The second-order valence-corrected chi connectivity index (χ2v) is 7.06. The molecular formula is C23H20F3N3O3. The molecule has 0 spiro atoms. The highest BCUT2D eigenvalue weighted by Gasteiger charge is 2.34. The maximum atomic E-state index is 13.4. The number of carbonyl (C=O) groups excluding carboxylic acids is 3. The van der Waals surface area contributed by atoms with E-state index in [1.807, 2.05) is 24.3 Å². The fourth-order valence-electron chi connectivity index (χ4n) is 3.10. The van der Waals surface area contributed by atoms with Gasteiger partial charge in [-0.25, -0.2) is 0 Å². The lowest BCUT2D eigenvalue weighted by Crippen LogP contribution is -2.28. The smallest absolute Gasteiger partial charge is 0.352 e. The van der Waals surface area contributed by atoms with Gasteiger partial charge in [-0.2, -0.15) is 13.2 Å². The van der Waals surface area contributed by atoms with E-state index >= 15 is 0 Å². The predicted molar refractivity (Wildman–Crippen MR) is 115 cm³/mol. The van der Waals surface area contributed by atoms with Crippen molar-refractivity contribution >= 4 is 39.9 Å². The topological polar surface area (TPSA) is 87.3 Å². The van der Waals surface area contributed by atoms with E-state index in [4.69, 9.17) is 0 Å². The minimum Gasteiger partial charge on any atom is -0.352 e. The third kappa shape index (κ3) is 5.84. The number of fused-ring (bicyclic) bond motifs is 1. The summed E-state index contributed by atoms with van der Waals surface area (Å²) in [5, 5.41) is 8.94. The molecule has 3 aromatic rings. The Morgan fingerprint density at radius 3 is 2.28 bits per heavy atom. The molecule has 0 aromatic heterocycles. The van der Waals surface area contributed by atoms with Crippen molar-refractivity contribution < 1.29 is 27.6 Å². The number of hydrogen-bond acceptors (Lipinski definition) is 3. The zero-order valence-electron chi connectivity index (χ0n) is 17.0. The van der Waals surface area contributed by atoms with Crippen LogP contribution in [-0.4, -0.2) is 24.3 Å². The molecule has 0 unspecified atom stereocenters. The lowest BCUT2D eigenvalue weighted by molar-refractivity contribution is -0.137. The molecular weight excluding hydrogens is 423 g/mol. The van der Waals surface area contributed by atoms with E-state index in [-0.39, 0.29) is 24.6 Å². The molecule has 9 heteroatoms. The quantitative estimate of drug-likeness (QED) is 0.521. The summed E-state index contributed by atoms with van der Waals surface area (Å²) in [6.45, 7) is 1.12. The molecule has 0 atom stereocenters. The highest BCUT2D eigenvalue weighted by atomic mass is 19.4. The van der Waals surface area contributed by atoms with E-state index in [0.29, 0.717) is 5.56 Å². The number of anilines is 2. The second-order valence-electron chi connectivity index (χ2n) is 7.06. The van der Waals surface area contributed by atoms with Crippen LogP contribution < -0.4 is 16.0 Å². The van der Waals surface area contributed by atoms with Crippen LogP contribution in [0, 0.1) is 0 Å². The number of carbonyl (C=O) groups is 3. The third-order valence-electron chi connectivity index (χ3n) is 4.57. The Hall–Kier alpha value is -3.88. The lowest BCUT2D eigenvalue weighted by Gasteiger charge is -2.15. The number of benzene rings is 3. The van der Waals surface area contributed by atoms with Gasteiger partial charge in [-0.1, -0.05) is 30.3 Å². The first-order valence-corrected chi connectivity index (χ1v) is 9.69. The van der Waals surface area contributed by atoms with Crippen molar-refractivity contribution in [2.45, 2.75) is 19.5 Å². The van der Waals surface area contributed by atoms with Gasteiger partial charge in [0.05, 0.1) is 11.3 Å². The summed E-state index contributed by atoms with van der Waals surface area (Å²) in [6, 6.07) is 15.8. The van der Waals surface area contributed by atoms with Gasteiger partial charge in [-0.05, 0) is 41.1 Å². The van der Waals surface area contributed by atoms with Gasteiger partial charge >= 0.3 is 6.18 Å². The number of rotatable bonds is 6. The third-order valence-corrected chi connectivity index (χ3v) is 4.57. The summed E-state index contributed by atoms with van der Waals surface area (Å²) >= 11 is 0. The second kappa shape index (κ2) is 9.51. The van der Waals surface area contributed by atoms with Crippen LogP contribution in [0.4, 0.5) is 24.5 Å². The summed E-state index contributed by atoms with van der Waals surface area (Å²) in [5.41, 5.74) is -1.14. The fourth-order valence-corrected chi connectivity index (χ4v) is 3.10. The Balaban J connectivity index is 1.60. The minimum atomic E-state index is -4.73. The molecule has 0 aliphatic carbocycles. The van der Waals surface area contributed by atoms with Gasteiger partial charge in [0, 0.05) is 31.1 Å². The van der Waals surface area contributed by atoms with Gasteiger partial charge in [-0.3, -0.25) is 14.4 Å². The molecule has 3 N–H and O–H groups in total. The van der Waals surface area contributed by atoms with Crippen LogP contribution in [-0.2, 0) is 15.8 Å². The van der Waals surface area contributed by atoms with Crippen LogP contribution in [0.3, 0.4) is 0 Å². The zero-order chi connectivity index (χ0) is 23.3.